The average molecular weight is 514 g/mol. The van der Waals surface area contributed by atoms with E-state index in [0.717, 1.165) is 33.8 Å². The summed E-state index contributed by atoms with van der Waals surface area (Å²) in [6.07, 6.45) is 0.980. The molecule has 5 rings (SSSR count). The maximum absolute atomic E-state index is 13.9. The molecule has 0 spiro atoms. The molecule has 1 aliphatic heterocycles. The molecule has 0 unspecified atom stereocenters. The molecule has 8 heteroatoms. The van der Waals surface area contributed by atoms with Gasteiger partial charge in [0.2, 0.25) is 11.7 Å². The number of allylic oxidation sites excluding steroid dienone is 1. The highest BCUT2D eigenvalue weighted by Gasteiger charge is 2.36. The average Bonchev–Trinajstić information content (AvgIpc) is 3.09. The van der Waals surface area contributed by atoms with Crippen LogP contribution in [0.5, 0.6) is 17.2 Å². The van der Waals surface area contributed by atoms with Gasteiger partial charge in [-0.25, -0.2) is 0 Å². The first kappa shape index (κ1) is 25.2. The zero-order valence-corrected chi connectivity index (χ0v) is 21.9. The van der Waals surface area contributed by atoms with Crippen molar-refractivity contribution in [1.82, 2.24) is 0 Å². The van der Waals surface area contributed by atoms with Crippen LogP contribution in [0.4, 0.5) is 17.1 Å². The van der Waals surface area contributed by atoms with E-state index < -0.39 is 0 Å². The number of fused-ring (bicyclic) bond motifs is 1. The van der Waals surface area contributed by atoms with E-state index in [2.05, 4.69) is 16.0 Å². The number of Topliss-reactive ketones (excluding diaryl/α,β-unsaturated/α-hetero) is 1. The van der Waals surface area contributed by atoms with Gasteiger partial charge in [0.25, 0.3) is 0 Å². The van der Waals surface area contributed by atoms with Crippen LogP contribution < -0.4 is 30.2 Å². The minimum Gasteiger partial charge on any atom is -0.493 e. The predicted octanol–water partition coefficient (Wildman–Crippen LogP) is 5.65. The van der Waals surface area contributed by atoms with Crippen LogP contribution in [-0.4, -0.2) is 33.0 Å². The number of nitrogens with one attached hydrogen (secondary N) is 3. The van der Waals surface area contributed by atoms with Crippen molar-refractivity contribution in [2.75, 3.05) is 37.3 Å². The zero-order valence-electron chi connectivity index (χ0n) is 21.9. The Kier molecular flexibility index (Phi) is 6.96. The molecule has 3 aromatic rings. The molecule has 8 nitrogen and oxygen atoms in total. The summed E-state index contributed by atoms with van der Waals surface area (Å²) in [6.45, 7) is 1.48. The Morgan fingerprint density at radius 3 is 2.13 bits per heavy atom. The summed E-state index contributed by atoms with van der Waals surface area (Å²) in [7, 11) is 4.75. The number of para-hydroxylation sites is 2. The summed E-state index contributed by atoms with van der Waals surface area (Å²) >= 11 is 0. The summed E-state index contributed by atoms with van der Waals surface area (Å²) in [5, 5.41) is 9.95. The molecule has 0 bridgehead atoms. The molecule has 1 aliphatic carbocycles. The number of hydrogen-bond donors (Lipinski definition) is 3. The van der Waals surface area contributed by atoms with E-state index >= 15 is 0 Å². The molecule has 1 heterocycles. The molecule has 38 heavy (non-hydrogen) atoms. The fourth-order valence-electron chi connectivity index (χ4n) is 5.28. The smallest absolute Gasteiger partial charge is 0.221 e. The zero-order chi connectivity index (χ0) is 26.8. The Morgan fingerprint density at radius 1 is 0.868 bits per heavy atom. The lowest BCUT2D eigenvalue weighted by Crippen LogP contribution is -2.27. The van der Waals surface area contributed by atoms with Gasteiger partial charge in [-0.05, 0) is 59.9 Å². The van der Waals surface area contributed by atoms with Crippen molar-refractivity contribution < 1.29 is 23.8 Å². The summed E-state index contributed by atoms with van der Waals surface area (Å²) in [5.41, 5.74) is 6.02. The first-order valence-corrected chi connectivity index (χ1v) is 12.5. The lowest BCUT2D eigenvalue weighted by molar-refractivity contribution is -0.116. The van der Waals surface area contributed by atoms with E-state index in [1.54, 1.807) is 21.3 Å². The van der Waals surface area contributed by atoms with Gasteiger partial charge in [-0.2, -0.15) is 0 Å². The Balaban J connectivity index is 1.56. The topological polar surface area (TPSA) is 97.9 Å². The highest BCUT2D eigenvalue weighted by molar-refractivity contribution is 6.01. The molecule has 0 fully saturated rings. The normalized spacial score (nSPS) is 18.3. The Hall–Kier alpha value is -4.46. The molecular weight excluding hydrogens is 482 g/mol. The summed E-state index contributed by atoms with van der Waals surface area (Å²) < 4.78 is 16.6. The first-order chi connectivity index (χ1) is 18.4. The highest BCUT2D eigenvalue weighted by atomic mass is 16.5. The number of rotatable bonds is 6. The van der Waals surface area contributed by atoms with E-state index in [1.807, 2.05) is 60.7 Å². The van der Waals surface area contributed by atoms with Gasteiger partial charge in [-0.1, -0.05) is 24.3 Å². The highest BCUT2D eigenvalue weighted by Crippen LogP contribution is 2.47. The van der Waals surface area contributed by atoms with E-state index in [4.69, 9.17) is 14.2 Å². The SMILES string of the molecule is COc1cc([C@H]2CC(=O)C3=C(C2)Nc2ccccc2N[C@H]3c2ccc(NC(C)=O)cc2)cc(OC)c1OC. The summed E-state index contributed by atoms with van der Waals surface area (Å²) in [4.78, 5) is 25.3. The van der Waals surface area contributed by atoms with E-state index in [-0.39, 0.29) is 23.7 Å². The van der Waals surface area contributed by atoms with Gasteiger partial charge in [0, 0.05) is 30.3 Å². The van der Waals surface area contributed by atoms with Gasteiger partial charge >= 0.3 is 0 Å². The van der Waals surface area contributed by atoms with Crippen LogP contribution in [0.15, 0.2) is 71.9 Å². The predicted molar refractivity (Wildman–Crippen MR) is 147 cm³/mol. The Labute approximate surface area is 222 Å². The van der Waals surface area contributed by atoms with Crippen molar-refractivity contribution in [3.63, 3.8) is 0 Å². The van der Waals surface area contributed by atoms with Crippen LogP contribution in [0.25, 0.3) is 0 Å². The van der Waals surface area contributed by atoms with Crippen LogP contribution in [0.3, 0.4) is 0 Å². The monoisotopic (exact) mass is 513 g/mol. The Morgan fingerprint density at radius 2 is 1.53 bits per heavy atom. The number of amides is 1. The van der Waals surface area contributed by atoms with Gasteiger partial charge in [0.05, 0.1) is 38.7 Å². The molecule has 3 aromatic carbocycles. The van der Waals surface area contributed by atoms with Crippen molar-refractivity contribution in [2.45, 2.75) is 31.7 Å². The van der Waals surface area contributed by atoms with E-state index in [1.165, 1.54) is 6.92 Å². The minimum atomic E-state index is -0.346. The maximum Gasteiger partial charge on any atom is 0.221 e. The third-order valence-corrected chi connectivity index (χ3v) is 7.03. The van der Waals surface area contributed by atoms with Gasteiger partial charge in [0.15, 0.2) is 17.3 Å². The van der Waals surface area contributed by atoms with E-state index in [0.29, 0.717) is 35.8 Å². The molecule has 2 atom stereocenters. The Bertz CT molecular complexity index is 1390. The number of anilines is 3. The molecule has 0 saturated heterocycles. The lowest BCUT2D eigenvalue weighted by Gasteiger charge is -2.30. The quantitative estimate of drug-likeness (QED) is 0.392. The van der Waals surface area contributed by atoms with Gasteiger partial charge in [-0.3, -0.25) is 9.59 Å². The second kappa shape index (κ2) is 10.5. The number of carbonyl (C=O) groups excluding carboxylic acids is 2. The lowest BCUT2D eigenvalue weighted by atomic mass is 9.78. The van der Waals surface area contributed by atoms with Crippen molar-refractivity contribution in [3.05, 3.63) is 83.1 Å². The third-order valence-electron chi connectivity index (χ3n) is 7.03. The minimum absolute atomic E-state index is 0.0637. The van der Waals surface area contributed by atoms with Crippen molar-refractivity contribution in [1.29, 1.82) is 0 Å². The number of benzene rings is 3. The van der Waals surface area contributed by atoms with Gasteiger partial charge < -0.3 is 30.2 Å². The molecule has 0 saturated carbocycles. The number of hydrogen-bond acceptors (Lipinski definition) is 7. The molecule has 1 amide bonds. The second-order valence-electron chi connectivity index (χ2n) is 9.43. The third kappa shape index (κ3) is 4.77. The maximum atomic E-state index is 13.9. The van der Waals surface area contributed by atoms with Gasteiger partial charge in [-0.15, -0.1) is 0 Å². The molecule has 196 valence electrons. The first-order valence-electron chi connectivity index (χ1n) is 12.5. The fraction of sp³-hybridized carbons (Fsp3) is 0.267. The van der Waals surface area contributed by atoms with Crippen LogP contribution >= 0.6 is 0 Å². The number of methoxy groups -OCH3 is 3. The molecular formula is C30H31N3O5. The number of ether oxygens (including phenoxy) is 3. The molecule has 2 aliphatic rings. The van der Waals surface area contributed by atoms with Crippen molar-refractivity contribution >= 4 is 28.8 Å². The van der Waals surface area contributed by atoms with Crippen LogP contribution in [0, 0.1) is 0 Å². The largest absolute Gasteiger partial charge is 0.493 e. The van der Waals surface area contributed by atoms with Gasteiger partial charge in [0.1, 0.15) is 0 Å². The standard InChI is InChI=1S/C30H31N3O5/c1-17(34)31-21-11-9-18(10-12-21)29-28-24(32-22-7-5-6-8-23(22)33-29)13-19(14-25(28)35)20-15-26(36-2)30(38-4)27(16-20)37-3/h5-12,15-16,19,29,32-33H,13-14H2,1-4H3,(H,31,34)/t19-,29+/m1/s1. The second-order valence-corrected chi connectivity index (χ2v) is 9.43. The molecule has 3 N–H and O–H groups in total. The van der Waals surface area contributed by atoms with Crippen LogP contribution in [-0.2, 0) is 9.59 Å². The molecule has 0 radical (unpaired) electrons. The summed E-state index contributed by atoms with van der Waals surface area (Å²) in [5.74, 6) is 1.51. The van der Waals surface area contributed by atoms with Crippen LogP contribution in [0.1, 0.15) is 42.9 Å². The van der Waals surface area contributed by atoms with Crippen molar-refractivity contribution in [2.24, 2.45) is 0 Å². The number of carbonyl (C=O) groups is 2. The summed E-state index contributed by atoms with van der Waals surface area (Å²) in [6, 6.07) is 19.0. The van der Waals surface area contributed by atoms with E-state index in [9.17, 15) is 9.59 Å². The van der Waals surface area contributed by atoms with Crippen molar-refractivity contribution in [3.8, 4) is 17.2 Å². The molecule has 0 aromatic heterocycles. The number of ketones is 1. The van der Waals surface area contributed by atoms with Crippen LogP contribution in [0.2, 0.25) is 0 Å². The fourth-order valence-corrected chi connectivity index (χ4v) is 5.28.